The molecule has 1 aliphatic rings. The maximum atomic E-state index is 12.3. The summed E-state index contributed by atoms with van der Waals surface area (Å²) in [6.07, 6.45) is 6.14. The SMILES string of the molecule is O=C(NCCc1cnc[nH]1)C1(c2ccccc2)CC1. The van der Waals surface area contributed by atoms with Crippen molar-refractivity contribution in [3.05, 3.63) is 54.1 Å². The van der Waals surface area contributed by atoms with E-state index in [1.165, 1.54) is 0 Å². The van der Waals surface area contributed by atoms with E-state index in [0.717, 1.165) is 30.5 Å². The van der Waals surface area contributed by atoms with Crippen LogP contribution >= 0.6 is 0 Å². The summed E-state index contributed by atoms with van der Waals surface area (Å²) in [5.41, 5.74) is 1.91. The van der Waals surface area contributed by atoms with Crippen LogP contribution < -0.4 is 5.32 Å². The first-order valence-corrected chi connectivity index (χ1v) is 6.62. The largest absolute Gasteiger partial charge is 0.355 e. The molecule has 1 saturated carbocycles. The Hall–Kier alpha value is -2.10. The molecule has 1 aromatic carbocycles. The van der Waals surface area contributed by atoms with E-state index in [1.54, 1.807) is 12.5 Å². The van der Waals surface area contributed by atoms with E-state index in [0.29, 0.717) is 6.54 Å². The van der Waals surface area contributed by atoms with Gasteiger partial charge in [-0.3, -0.25) is 4.79 Å². The van der Waals surface area contributed by atoms with Gasteiger partial charge in [-0.15, -0.1) is 0 Å². The van der Waals surface area contributed by atoms with Gasteiger partial charge in [0.2, 0.25) is 5.91 Å². The summed E-state index contributed by atoms with van der Waals surface area (Å²) >= 11 is 0. The molecule has 1 fully saturated rings. The molecule has 2 N–H and O–H groups in total. The van der Waals surface area contributed by atoms with Crippen LogP contribution in [0, 0.1) is 0 Å². The Morgan fingerprint density at radius 3 is 2.74 bits per heavy atom. The molecule has 0 atom stereocenters. The first-order chi connectivity index (χ1) is 9.31. The van der Waals surface area contributed by atoms with Gasteiger partial charge in [0.15, 0.2) is 0 Å². The van der Waals surface area contributed by atoms with Crippen LogP contribution in [-0.2, 0) is 16.6 Å². The number of nitrogens with one attached hydrogen (secondary N) is 2. The zero-order valence-corrected chi connectivity index (χ0v) is 10.7. The number of carbonyl (C=O) groups excluding carboxylic acids is 1. The fraction of sp³-hybridized carbons (Fsp3) is 0.333. The van der Waals surface area contributed by atoms with E-state index in [9.17, 15) is 4.79 Å². The van der Waals surface area contributed by atoms with Gasteiger partial charge in [-0.2, -0.15) is 0 Å². The van der Waals surface area contributed by atoms with Gasteiger partial charge in [0.1, 0.15) is 0 Å². The van der Waals surface area contributed by atoms with Gasteiger partial charge in [-0.05, 0) is 18.4 Å². The van der Waals surface area contributed by atoms with Crippen molar-refractivity contribution >= 4 is 5.91 Å². The third-order valence-electron chi connectivity index (χ3n) is 3.75. The summed E-state index contributed by atoms with van der Waals surface area (Å²) in [5, 5.41) is 3.04. The van der Waals surface area contributed by atoms with E-state index < -0.39 is 0 Å². The number of benzene rings is 1. The van der Waals surface area contributed by atoms with E-state index in [1.807, 2.05) is 30.3 Å². The Bertz CT molecular complexity index is 544. The summed E-state index contributed by atoms with van der Waals surface area (Å²) in [5.74, 6) is 0.151. The van der Waals surface area contributed by atoms with Crippen molar-refractivity contribution in [2.24, 2.45) is 0 Å². The number of rotatable bonds is 5. The van der Waals surface area contributed by atoms with Gasteiger partial charge in [0.25, 0.3) is 0 Å². The third-order valence-corrected chi connectivity index (χ3v) is 3.75. The maximum Gasteiger partial charge on any atom is 0.230 e. The van der Waals surface area contributed by atoms with Crippen LogP contribution in [0.3, 0.4) is 0 Å². The average Bonchev–Trinajstić information content (AvgIpc) is 3.11. The molecule has 1 aliphatic carbocycles. The number of hydrogen-bond donors (Lipinski definition) is 2. The predicted molar refractivity (Wildman–Crippen MR) is 72.7 cm³/mol. The van der Waals surface area contributed by atoms with Crippen LogP contribution in [0.1, 0.15) is 24.1 Å². The van der Waals surface area contributed by atoms with Crippen molar-refractivity contribution in [2.45, 2.75) is 24.7 Å². The summed E-state index contributed by atoms with van der Waals surface area (Å²) < 4.78 is 0. The number of H-pyrrole nitrogens is 1. The lowest BCUT2D eigenvalue weighted by Crippen LogP contribution is -2.35. The number of aromatic amines is 1. The molecule has 1 amide bonds. The van der Waals surface area contributed by atoms with Crippen LogP contribution in [0.4, 0.5) is 0 Å². The molecule has 3 rings (SSSR count). The molecule has 1 heterocycles. The second-order valence-corrected chi connectivity index (χ2v) is 5.03. The minimum absolute atomic E-state index is 0.151. The minimum atomic E-state index is -0.269. The molecular weight excluding hydrogens is 238 g/mol. The van der Waals surface area contributed by atoms with Crippen LogP contribution in [0.25, 0.3) is 0 Å². The molecule has 4 heteroatoms. The summed E-state index contributed by atoms with van der Waals surface area (Å²) in [4.78, 5) is 19.3. The number of aromatic nitrogens is 2. The summed E-state index contributed by atoms with van der Waals surface area (Å²) in [7, 11) is 0. The number of carbonyl (C=O) groups is 1. The number of hydrogen-bond acceptors (Lipinski definition) is 2. The number of amides is 1. The topological polar surface area (TPSA) is 57.8 Å². The van der Waals surface area contributed by atoms with E-state index in [2.05, 4.69) is 15.3 Å². The fourth-order valence-electron chi connectivity index (χ4n) is 2.43. The molecule has 4 nitrogen and oxygen atoms in total. The predicted octanol–water partition coefficient (Wildman–Crippen LogP) is 1.80. The van der Waals surface area contributed by atoms with Crippen molar-refractivity contribution in [2.75, 3.05) is 6.54 Å². The van der Waals surface area contributed by atoms with Gasteiger partial charge in [0.05, 0.1) is 11.7 Å². The number of nitrogens with zero attached hydrogens (tertiary/aromatic N) is 1. The van der Waals surface area contributed by atoms with Crippen molar-refractivity contribution in [1.82, 2.24) is 15.3 Å². The molecule has 0 bridgehead atoms. The monoisotopic (exact) mass is 255 g/mol. The molecule has 2 aromatic rings. The highest BCUT2D eigenvalue weighted by Crippen LogP contribution is 2.48. The quantitative estimate of drug-likeness (QED) is 0.856. The molecule has 0 radical (unpaired) electrons. The molecule has 1 aromatic heterocycles. The Balaban J connectivity index is 1.59. The summed E-state index contributed by atoms with van der Waals surface area (Å²) in [6.45, 7) is 0.648. The van der Waals surface area contributed by atoms with Crippen molar-refractivity contribution in [3.63, 3.8) is 0 Å². The third kappa shape index (κ3) is 2.38. The average molecular weight is 255 g/mol. The van der Waals surface area contributed by atoms with Gasteiger partial charge < -0.3 is 10.3 Å². The van der Waals surface area contributed by atoms with E-state index >= 15 is 0 Å². The standard InChI is InChI=1S/C15H17N3O/c19-14(17-9-6-13-10-16-11-18-13)15(7-8-15)12-4-2-1-3-5-12/h1-5,10-11H,6-9H2,(H,16,18)(H,17,19). The molecule has 0 spiro atoms. The van der Waals surface area contributed by atoms with Gasteiger partial charge in [0, 0.05) is 24.9 Å². The Kier molecular flexibility index (Phi) is 3.07. The first-order valence-electron chi connectivity index (χ1n) is 6.62. The lowest BCUT2D eigenvalue weighted by Gasteiger charge is -2.15. The maximum absolute atomic E-state index is 12.3. The Morgan fingerprint density at radius 1 is 1.32 bits per heavy atom. The number of imidazole rings is 1. The van der Waals surface area contributed by atoms with Crippen LogP contribution in [0.5, 0.6) is 0 Å². The zero-order chi connectivity index (χ0) is 13.1. The second kappa shape index (κ2) is 4.88. The second-order valence-electron chi connectivity index (χ2n) is 5.03. The molecule has 0 saturated heterocycles. The van der Waals surface area contributed by atoms with Crippen molar-refractivity contribution < 1.29 is 4.79 Å². The van der Waals surface area contributed by atoms with Crippen LogP contribution in [0.2, 0.25) is 0 Å². The lowest BCUT2D eigenvalue weighted by atomic mass is 9.95. The fourth-order valence-corrected chi connectivity index (χ4v) is 2.43. The lowest BCUT2D eigenvalue weighted by molar-refractivity contribution is -0.123. The summed E-state index contributed by atoms with van der Waals surface area (Å²) in [6, 6.07) is 10.1. The van der Waals surface area contributed by atoms with Crippen molar-refractivity contribution in [1.29, 1.82) is 0 Å². The normalized spacial score (nSPS) is 16.0. The Labute approximate surface area is 112 Å². The highest BCUT2D eigenvalue weighted by Gasteiger charge is 2.50. The molecule has 98 valence electrons. The molecule has 0 aliphatic heterocycles. The molecule has 0 unspecified atom stereocenters. The van der Waals surface area contributed by atoms with E-state index in [4.69, 9.17) is 0 Å². The van der Waals surface area contributed by atoms with E-state index in [-0.39, 0.29) is 11.3 Å². The highest BCUT2D eigenvalue weighted by molar-refractivity contribution is 5.91. The smallest absolute Gasteiger partial charge is 0.230 e. The minimum Gasteiger partial charge on any atom is -0.355 e. The van der Waals surface area contributed by atoms with Crippen LogP contribution in [0.15, 0.2) is 42.9 Å². The zero-order valence-electron chi connectivity index (χ0n) is 10.7. The molecular formula is C15H17N3O. The van der Waals surface area contributed by atoms with Crippen LogP contribution in [-0.4, -0.2) is 22.4 Å². The highest BCUT2D eigenvalue weighted by atomic mass is 16.2. The van der Waals surface area contributed by atoms with Gasteiger partial charge in [-0.25, -0.2) is 4.98 Å². The van der Waals surface area contributed by atoms with Gasteiger partial charge in [-0.1, -0.05) is 30.3 Å². The van der Waals surface area contributed by atoms with Crippen molar-refractivity contribution in [3.8, 4) is 0 Å². The van der Waals surface area contributed by atoms with Gasteiger partial charge >= 0.3 is 0 Å². The Morgan fingerprint density at radius 2 is 2.11 bits per heavy atom. The first kappa shape index (κ1) is 12.0. The molecule has 19 heavy (non-hydrogen) atoms.